The van der Waals surface area contributed by atoms with Crippen LogP contribution in [0.3, 0.4) is 0 Å². The minimum Gasteiger partial charge on any atom is -0.399 e. The van der Waals surface area contributed by atoms with Gasteiger partial charge in [0.05, 0.1) is 0 Å². The van der Waals surface area contributed by atoms with Crippen molar-refractivity contribution in [2.75, 3.05) is 24.3 Å². The van der Waals surface area contributed by atoms with E-state index in [1.54, 1.807) is 6.07 Å². The van der Waals surface area contributed by atoms with Crippen LogP contribution in [0, 0.1) is 12.8 Å². The number of carbonyl (C=O) groups excluding carboxylic acids is 1. The molecule has 0 aliphatic carbocycles. The number of nitrogens with two attached hydrogens (primary N) is 1. The molecular formula is C17H28N2O2. The molecule has 0 saturated carbocycles. The molecule has 118 valence electrons. The van der Waals surface area contributed by atoms with E-state index in [9.17, 15) is 4.79 Å². The molecule has 0 aliphatic rings. The second-order valence-corrected chi connectivity index (χ2v) is 5.69. The molecule has 3 N–H and O–H groups in total. The van der Waals surface area contributed by atoms with Crippen molar-refractivity contribution in [3.05, 3.63) is 23.8 Å². The predicted octanol–water partition coefficient (Wildman–Crippen LogP) is 3.75. The molecule has 1 rings (SSSR count). The number of aryl methyl sites for hydroxylation is 1. The number of amides is 1. The monoisotopic (exact) mass is 292 g/mol. The summed E-state index contributed by atoms with van der Waals surface area (Å²) in [6.07, 6.45) is 3.59. The Balaban J connectivity index is 2.21. The van der Waals surface area contributed by atoms with Crippen LogP contribution in [0.2, 0.25) is 0 Å². The Bertz CT molecular complexity index is 446. The summed E-state index contributed by atoms with van der Waals surface area (Å²) in [5.74, 6) is 0.604. The lowest BCUT2D eigenvalue weighted by atomic mass is 10.1. The fraction of sp³-hybridized carbons (Fsp3) is 0.588. The third-order valence-electron chi connectivity index (χ3n) is 3.41. The number of nitrogen functional groups attached to an aromatic ring is 1. The van der Waals surface area contributed by atoms with Crippen LogP contribution in [0.1, 0.15) is 45.1 Å². The zero-order valence-electron chi connectivity index (χ0n) is 13.4. The topological polar surface area (TPSA) is 64.3 Å². The first kappa shape index (κ1) is 17.5. The summed E-state index contributed by atoms with van der Waals surface area (Å²) >= 11 is 0. The van der Waals surface area contributed by atoms with Gasteiger partial charge < -0.3 is 15.8 Å². The number of rotatable bonds is 9. The van der Waals surface area contributed by atoms with E-state index in [2.05, 4.69) is 19.2 Å². The van der Waals surface area contributed by atoms with E-state index in [0.29, 0.717) is 24.6 Å². The second kappa shape index (κ2) is 9.40. The maximum absolute atomic E-state index is 11.9. The number of hydrogen-bond acceptors (Lipinski definition) is 3. The smallest absolute Gasteiger partial charge is 0.224 e. The standard InChI is InChI=1S/C17H28N2O2/c1-4-6-13(2)12-21-10-5-7-17(20)19-16-11-15(18)9-8-14(16)3/h8-9,11,13H,4-7,10,12,18H2,1-3H3,(H,19,20). The van der Waals surface area contributed by atoms with Gasteiger partial charge in [0.1, 0.15) is 0 Å². The largest absolute Gasteiger partial charge is 0.399 e. The van der Waals surface area contributed by atoms with Gasteiger partial charge in [0.25, 0.3) is 0 Å². The molecule has 0 bridgehead atoms. The van der Waals surface area contributed by atoms with Crippen LogP contribution in [-0.2, 0) is 9.53 Å². The van der Waals surface area contributed by atoms with Gasteiger partial charge in [-0.1, -0.05) is 26.3 Å². The van der Waals surface area contributed by atoms with Gasteiger partial charge in [-0.05, 0) is 43.4 Å². The number of carbonyl (C=O) groups is 1. The van der Waals surface area contributed by atoms with Crippen LogP contribution in [-0.4, -0.2) is 19.1 Å². The second-order valence-electron chi connectivity index (χ2n) is 5.69. The number of hydrogen-bond donors (Lipinski definition) is 2. The molecule has 1 aromatic carbocycles. The van der Waals surface area contributed by atoms with Gasteiger partial charge in [0.2, 0.25) is 5.91 Å². The number of anilines is 2. The summed E-state index contributed by atoms with van der Waals surface area (Å²) in [7, 11) is 0. The van der Waals surface area contributed by atoms with E-state index in [-0.39, 0.29) is 5.91 Å². The quantitative estimate of drug-likeness (QED) is 0.538. The maximum Gasteiger partial charge on any atom is 0.224 e. The van der Waals surface area contributed by atoms with Gasteiger partial charge in [-0.15, -0.1) is 0 Å². The summed E-state index contributed by atoms with van der Waals surface area (Å²) < 4.78 is 5.59. The average molecular weight is 292 g/mol. The fourth-order valence-corrected chi connectivity index (χ4v) is 2.18. The highest BCUT2D eigenvalue weighted by molar-refractivity contribution is 5.91. The molecule has 0 saturated heterocycles. The van der Waals surface area contributed by atoms with Crippen molar-refractivity contribution in [3.8, 4) is 0 Å². The molecule has 0 heterocycles. The molecular weight excluding hydrogens is 264 g/mol. The highest BCUT2D eigenvalue weighted by atomic mass is 16.5. The SMILES string of the molecule is CCCC(C)COCCCC(=O)Nc1cc(N)ccc1C. The third kappa shape index (κ3) is 7.14. The molecule has 0 aromatic heterocycles. The van der Waals surface area contributed by atoms with Crippen molar-refractivity contribution in [2.24, 2.45) is 5.92 Å². The summed E-state index contributed by atoms with van der Waals surface area (Å²) in [5, 5.41) is 2.90. The van der Waals surface area contributed by atoms with E-state index in [1.807, 2.05) is 19.1 Å². The minimum atomic E-state index is 0.00825. The number of ether oxygens (including phenoxy) is 1. The van der Waals surface area contributed by atoms with Gasteiger partial charge in [-0.25, -0.2) is 0 Å². The van der Waals surface area contributed by atoms with E-state index in [1.165, 1.54) is 12.8 Å². The summed E-state index contributed by atoms with van der Waals surface area (Å²) in [4.78, 5) is 11.9. The maximum atomic E-state index is 11.9. The lowest BCUT2D eigenvalue weighted by molar-refractivity contribution is -0.116. The Kier molecular flexibility index (Phi) is 7.83. The molecule has 21 heavy (non-hydrogen) atoms. The molecule has 1 aromatic rings. The summed E-state index contributed by atoms with van der Waals surface area (Å²) in [6, 6.07) is 5.52. The molecule has 0 spiro atoms. The normalized spacial score (nSPS) is 12.1. The Morgan fingerprint density at radius 2 is 2.19 bits per heavy atom. The van der Waals surface area contributed by atoms with Crippen LogP contribution in [0.5, 0.6) is 0 Å². The molecule has 0 fully saturated rings. The van der Waals surface area contributed by atoms with Gasteiger partial charge in [0, 0.05) is 31.0 Å². The van der Waals surface area contributed by atoms with E-state index in [4.69, 9.17) is 10.5 Å². The molecule has 0 radical (unpaired) electrons. The highest BCUT2D eigenvalue weighted by Crippen LogP contribution is 2.18. The molecule has 1 atom stereocenters. The number of nitrogens with one attached hydrogen (secondary N) is 1. The van der Waals surface area contributed by atoms with Crippen molar-refractivity contribution in [1.29, 1.82) is 0 Å². The summed E-state index contributed by atoms with van der Waals surface area (Å²) in [5.41, 5.74) is 8.19. The van der Waals surface area contributed by atoms with E-state index >= 15 is 0 Å². The van der Waals surface area contributed by atoms with Crippen LogP contribution >= 0.6 is 0 Å². The van der Waals surface area contributed by atoms with Crippen molar-refractivity contribution in [1.82, 2.24) is 0 Å². The van der Waals surface area contributed by atoms with Crippen molar-refractivity contribution >= 4 is 17.3 Å². The first-order valence-electron chi connectivity index (χ1n) is 7.76. The van der Waals surface area contributed by atoms with Crippen LogP contribution in [0.15, 0.2) is 18.2 Å². The van der Waals surface area contributed by atoms with Crippen molar-refractivity contribution in [2.45, 2.75) is 46.5 Å². The zero-order valence-corrected chi connectivity index (χ0v) is 13.4. The average Bonchev–Trinajstić information content (AvgIpc) is 2.43. The molecule has 0 aliphatic heterocycles. The van der Waals surface area contributed by atoms with Gasteiger partial charge in [-0.3, -0.25) is 4.79 Å². The first-order valence-corrected chi connectivity index (χ1v) is 7.76. The van der Waals surface area contributed by atoms with E-state index in [0.717, 1.165) is 24.3 Å². The molecule has 1 unspecified atom stereocenters. The third-order valence-corrected chi connectivity index (χ3v) is 3.41. The van der Waals surface area contributed by atoms with Crippen LogP contribution in [0.25, 0.3) is 0 Å². The van der Waals surface area contributed by atoms with Crippen molar-refractivity contribution < 1.29 is 9.53 Å². The van der Waals surface area contributed by atoms with Crippen LogP contribution < -0.4 is 11.1 Å². The molecule has 1 amide bonds. The Morgan fingerprint density at radius 3 is 2.90 bits per heavy atom. The Labute approximate surface area is 128 Å². The Hall–Kier alpha value is -1.55. The van der Waals surface area contributed by atoms with Gasteiger partial charge in [0.15, 0.2) is 0 Å². The molecule has 4 heteroatoms. The summed E-state index contributed by atoms with van der Waals surface area (Å²) in [6.45, 7) is 7.74. The fourth-order valence-electron chi connectivity index (χ4n) is 2.18. The Morgan fingerprint density at radius 1 is 1.43 bits per heavy atom. The van der Waals surface area contributed by atoms with Crippen molar-refractivity contribution in [3.63, 3.8) is 0 Å². The van der Waals surface area contributed by atoms with Crippen LogP contribution in [0.4, 0.5) is 11.4 Å². The highest BCUT2D eigenvalue weighted by Gasteiger charge is 2.06. The lowest BCUT2D eigenvalue weighted by Gasteiger charge is -2.11. The zero-order chi connectivity index (χ0) is 15.7. The molecule has 4 nitrogen and oxygen atoms in total. The minimum absolute atomic E-state index is 0.00825. The van der Waals surface area contributed by atoms with Gasteiger partial charge >= 0.3 is 0 Å². The lowest BCUT2D eigenvalue weighted by Crippen LogP contribution is -2.14. The van der Waals surface area contributed by atoms with Gasteiger partial charge in [-0.2, -0.15) is 0 Å². The number of benzene rings is 1. The first-order chi connectivity index (χ1) is 10.0. The predicted molar refractivity (Wildman–Crippen MR) is 88.3 cm³/mol. The van der Waals surface area contributed by atoms with E-state index < -0.39 is 0 Å².